The SMILES string of the molecule is CC1(c2ccc3c(c2)OCCCO3)NC(=O)N(CC(=O)N2c3ccccc3NC(=O)C2(C)C)C1=O. The highest BCUT2D eigenvalue weighted by Crippen LogP contribution is 2.39. The molecule has 1 atom stereocenters. The Balaban J connectivity index is 1.43. The van der Waals surface area contributed by atoms with Crippen LogP contribution in [0.3, 0.4) is 0 Å². The van der Waals surface area contributed by atoms with Gasteiger partial charge in [-0.15, -0.1) is 0 Å². The van der Waals surface area contributed by atoms with Gasteiger partial charge in [-0.05, 0) is 50.6 Å². The van der Waals surface area contributed by atoms with Crippen LogP contribution in [0.25, 0.3) is 0 Å². The first-order valence-corrected chi connectivity index (χ1v) is 11.4. The smallest absolute Gasteiger partial charge is 0.325 e. The Hall–Kier alpha value is -4.08. The van der Waals surface area contributed by atoms with Gasteiger partial charge in [0.2, 0.25) is 11.8 Å². The molecule has 3 aliphatic heterocycles. The zero-order chi connectivity index (χ0) is 25.0. The van der Waals surface area contributed by atoms with Gasteiger partial charge >= 0.3 is 6.03 Å². The molecule has 0 aliphatic carbocycles. The summed E-state index contributed by atoms with van der Waals surface area (Å²) in [6, 6.07) is 11.3. The molecule has 2 N–H and O–H groups in total. The number of rotatable bonds is 3. The number of benzene rings is 2. The zero-order valence-corrected chi connectivity index (χ0v) is 19.7. The van der Waals surface area contributed by atoms with Gasteiger partial charge in [0.15, 0.2) is 11.5 Å². The van der Waals surface area contributed by atoms with Crippen molar-refractivity contribution >= 4 is 35.1 Å². The van der Waals surface area contributed by atoms with Crippen LogP contribution in [0, 0.1) is 0 Å². The molecule has 1 unspecified atom stereocenters. The van der Waals surface area contributed by atoms with Crippen LogP contribution >= 0.6 is 0 Å². The highest BCUT2D eigenvalue weighted by atomic mass is 16.5. The maximum Gasteiger partial charge on any atom is 0.325 e. The molecule has 0 radical (unpaired) electrons. The first kappa shape index (κ1) is 22.7. The molecule has 5 rings (SSSR count). The van der Waals surface area contributed by atoms with Crippen molar-refractivity contribution in [3.8, 4) is 11.5 Å². The summed E-state index contributed by atoms with van der Waals surface area (Å²) in [6.45, 7) is 5.31. The third-order valence-corrected chi connectivity index (χ3v) is 6.65. The number of hydrogen-bond acceptors (Lipinski definition) is 6. The number of amides is 5. The van der Waals surface area contributed by atoms with E-state index in [1.807, 2.05) is 0 Å². The van der Waals surface area contributed by atoms with Crippen molar-refractivity contribution in [3.05, 3.63) is 48.0 Å². The summed E-state index contributed by atoms with van der Waals surface area (Å²) >= 11 is 0. The summed E-state index contributed by atoms with van der Waals surface area (Å²) in [7, 11) is 0. The minimum Gasteiger partial charge on any atom is -0.490 e. The molecular weight excluding hydrogens is 452 g/mol. The lowest BCUT2D eigenvalue weighted by Gasteiger charge is -2.42. The Morgan fingerprint density at radius 3 is 2.49 bits per heavy atom. The van der Waals surface area contributed by atoms with Crippen molar-refractivity contribution in [2.75, 3.05) is 30.0 Å². The van der Waals surface area contributed by atoms with E-state index in [4.69, 9.17) is 9.47 Å². The summed E-state index contributed by atoms with van der Waals surface area (Å²) in [4.78, 5) is 54.8. The van der Waals surface area contributed by atoms with Gasteiger partial charge in [0.1, 0.15) is 17.6 Å². The molecule has 182 valence electrons. The number of fused-ring (bicyclic) bond motifs is 2. The van der Waals surface area contributed by atoms with Crippen LogP contribution in [0.1, 0.15) is 32.8 Å². The highest BCUT2D eigenvalue weighted by Gasteiger charge is 2.51. The quantitative estimate of drug-likeness (QED) is 0.655. The lowest BCUT2D eigenvalue weighted by molar-refractivity contribution is -0.134. The first-order chi connectivity index (χ1) is 16.6. The van der Waals surface area contributed by atoms with E-state index in [1.165, 1.54) is 4.90 Å². The Morgan fingerprint density at radius 1 is 1.00 bits per heavy atom. The summed E-state index contributed by atoms with van der Waals surface area (Å²) in [5, 5.41) is 5.51. The van der Waals surface area contributed by atoms with Crippen molar-refractivity contribution in [2.24, 2.45) is 0 Å². The molecule has 10 nitrogen and oxygen atoms in total. The second-order valence-electron chi connectivity index (χ2n) is 9.42. The number of anilines is 2. The van der Waals surface area contributed by atoms with Crippen LogP contribution in [0.15, 0.2) is 42.5 Å². The van der Waals surface area contributed by atoms with Crippen LogP contribution in [-0.2, 0) is 19.9 Å². The number of ether oxygens (including phenoxy) is 2. The minimum atomic E-state index is -1.39. The summed E-state index contributed by atoms with van der Waals surface area (Å²) < 4.78 is 11.4. The van der Waals surface area contributed by atoms with E-state index in [-0.39, 0.29) is 5.91 Å². The van der Waals surface area contributed by atoms with Crippen LogP contribution in [-0.4, -0.2) is 54.0 Å². The average molecular weight is 479 g/mol. The fourth-order valence-electron chi connectivity index (χ4n) is 4.61. The molecule has 0 aromatic heterocycles. The lowest BCUT2D eigenvalue weighted by atomic mass is 9.91. The van der Waals surface area contributed by atoms with Gasteiger partial charge in [-0.1, -0.05) is 18.2 Å². The van der Waals surface area contributed by atoms with Crippen molar-refractivity contribution in [1.82, 2.24) is 10.2 Å². The summed E-state index contributed by atoms with van der Waals surface area (Å²) in [5.74, 6) is -0.418. The number of hydrogen-bond donors (Lipinski definition) is 2. The van der Waals surface area contributed by atoms with Gasteiger partial charge in [0.05, 0.1) is 24.6 Å². The molecule has 0 saturated carbocycles. The standard InChI is InChI=1S/C25H26N4O6/c1-24(2)21(31)26-16-7-4-5-8-17(16)29(24)20(30)14-28-22(32)25(3,27-23(28)33)15-9-10-18-19(13-15)35-12-6-11-34-18/h4-5,7-10,13H,6,11-12,14H2,1-3H3,(H,26,31)(H,27,33). The molecule has 3 heterocycles. The van der Waals surface area contributed by atoms with Crippen LogP contribution in [0.2, 0.25) is 0 Å². The van der Waals surface area contributed by atoms with Gasteiger partial charge in [-0.3, -0.25) is 24.2 Å². The highest BCUT2D eigenvalue weighted by molar-refractivity contribution is 6.16. The van der Waals surface area contributed by atoms with E-state index in [2.05, 4.69) is 10.6 Å². The molecule has 2 aromatic rings. The number of carbonyl (C=O) groups is 4. The molecule has 10 heteroatoms. The number of para-hydroxylation sites is 2. The third kappa shape index (κ3) is 3.56. The van der Waals surface area contributed by atoms with Gasteiger partial charge in [-0.25, -0.2) is 4.79 Å². The van der Waals surface area contributed by atoms with Gasteiger partial charge < -0.3 is 20.1 Å². The van der Waals surface area contributed by atoms with E-state index in [9.17, 15) is 19.2 Å². The number of nitrogens with one attached hydrogen (secondary N) is 2. The number of urea groups is 1. The van der Waals surface area contributed by atoms with Crippen LogP contribution < -0.4 is 25.0 Å². The minimum absolute atomic E-state index is 0.362. The van der Waals surface area contributed by atoms with E-state index in [1.54, 1.807) is 63.2 Å². The number of nitrogens with zero attached hydrogens (tertiary/aromatic N) is 2. The monoisotopic (exact) mass is 478 g/mol. The second kappa shape index (κ2) is 8.00. The van der Waals surface area contributed by atoms with E-state index in [0.717, 1.165) is 11.3 Å². The Labute approximate surface area is 202 Å². The lowest BCUT2D eigenvalue weighted by Crippen LogP contribution is -2.60. The molecule has 5 amide bonds. The maximum absolute atomic E-state index is 13.5. The fourth-order valence-corrected chi connectivity index (χ4v) is 4.61. The zero-order valence-electron chi connectivity index (χ0n) is 19.7. The van der Waals surface area contributed by atoms with Crippen molar-refractivity contribution in [3.63, 3.8) is 0 Å². The van der Waals surface area contributed by atoms with Gasteiger partial charge in [0.25, 0.3) is 5.91 Å². The summed E-state index contributed by atoms with van der Waals surface area (Å²) in [5.41, 5.74) is -1.12. The Bertz CT molecular complexity index is 1260. The Kier molecular flexibility index (Phi) is 5.19. The van der Waals surface area contributed by atoms with Gasteiger partial charge in [0, 0.05) is 6.42 Å². The molecule has 2 aromatic carbocycles. The predicted octanol–water partition coefficient (Wildman–Crippen LogP) is 2.38. The van der Waals surface area contributed by atoms with Crippen LogP contribution in [0.4, 0.5) is 16.2 Å². The molecular formula is C25H26N4O6. The molecule has 0 spiro atoms. The molecule has 3 aliphatic rings. The fraction of sp³-hybridized carbons (Fsp3) is 0.360. The van der Waals surface area contributed by atoms with Crippen molar-refractivity contribution in [1.29, 1.82) is 0 Å². The van der Waals surface area contributed by atoms with Crippen molar-refractivity contribution < 1.29 is 28.7 Å². The van der Waals surface area contributed by atoms with Gasteiger partial charge in [-0.2, -0.15) is 0 Å². The largest absolute Gasteiger partial charge is 0.490 e. The van der Waals surface area contributed by atoms with Crippen molar-refractivity contribution in [2.45, 2.75) is 38.3 Å². The first-order valence-electron chi connectivity index (χ1n) is 11.4. The molecule has 35 heavy (non-hydrogen) atoms. The normalized spacial score (nSPS) is 22.8. The summed E-state index contributed by atoms with van der Waals surface area (Å²) in [6.07, 6.45) is 0.737. The average Bonchev–Trinajstić information content (AvgIpc) is 2.98. The molecule has 1 fully saturated rings. The number of imide groups is 1. The molecule has 1 saturated heterocycles. The topological polar surface area (TPSA) is 117 Å². The second-order valence-corrected chi connectivity index (χ2v) is 9.42. The Morgan fingerprint density at radius 2 is 1.71 bits per heavy atom. The van der Waals surface area contributed by atoms with Crippen LogP contribution in [0.5, 0.6) is 11.5 Å². The molecule has 0 bridgehead atoms. The maximum atomic E-state index is 13.5. The van der Waals surface area contributed by atoms with E-state index < -0.39 is 35.5 Å². The third-order valence-electron chi connectivity index (χ3n) is 6.65. The van der Waals surface area contributed by atoms with E-state index >= 15 is 0 Å². The number of carbonyl (C=O) groups excluding carboxylic acids is 4. The van der Waals surface area contributed by atoms with E-state index in [0.29, 0.717) is 41.7 Å². The predicted molar refractivity (Wildman–Crippen MR) is 126 cm³/mol.